The van der Waals surface area contributed by atoms with Gasteiger partial charge in [-0.05, 0) is 74.2 Å². The summed E-state index contributed by atoms with van der Waals surface area (Å²) in [7, 11) is 0. The van der Waals surface area contributed by atoms with E-state index in [1.165, 1.54) is 29.6 Å². The van der Waals surface area contributed by atoms with Crippen molar-refractivity contribution in [2.45, 2.75) is 81.6 Å². The molecule has 2 aliphatic rings. The molecule has 0 spiro atoms. The van der Waals surface area contributed by atoms with Crippen molar-refractivity contribution < 1.29 is 0 Å². The van der Waals surface area contributed by atoms with Gasteiger partial charge in [0.15, 0.2) is 0 Å². The van der Waals surface area contributed by atoms with Crippen LogP contribution in [0.4, 0.5) is 0 Å². The van der Waals surface area contributed by atoms with E-state index in [9.17, 15) is 0 Å². The molecule has 2 aliphatic carbocycles. The molecule has 2 atom stereocenters. The third-order valence-electron chi connectivity index (χ3n) is 6.93. The van der Waals surface area contributed by atoms with Gasteiger partial charge in [-0.3, -0.25) is 0 Å². The summed E-state index contributed by atoms with van der Waals surface area (Å²) >= 11 is 0. The molecule has 0 heteroatoms. The molecule has 1 fully saturated rings. The van der Waals surface area contributed by atoms with Crippen LogP contribution in [0, 0.1) is 28.6 Å². The van der Waals surface area contributed by atoms with Crippen molar-refractivity contribution in [1.82, 2.24) is 0 Å². The van der Waals surface area contributed by atoms with E-state index < -0.39 is 0 Å². The van der Waals surface area contributed by atoms with Crippen LogP contribution in [0.1, 0.15) is 81.6 Å². The summed E-state index contributed by atoms with van der Waals surface area (Å²) in [5, 5.41) is 0. The molecule has 140 valence electrons. The van der Waals surface area contributed by atoms with Gasteiger partial charge < -0.3 is 0 Å². The van der Waals surface area contributed by atoms with Crippen molar-refractivity contribution in [3.63, 3.8) is 0 Å². The molecule has 0 aromatic heterocycles. The first-order chi connectivity index (χ1) is 11.4. The molecule has 0 radical (unpaired) electrons. The van der Waals surface area contributed by atoms with E-state index in [4.69, 9.17) is 0 Å². The molecule has 25 heavy (non-hydrogen) atoms. The summed E-state index contributed by atoms with van der Waals surface area (Å²) in [6, 6.07) is 0. The van der Waals surface area contributed by atoms with Gasteiger partial charge in [0.05, 0.1) is 0 Å². The molecule has 0 aromatic carbocycles. The molecule has 0 aliphatic heterocycles. The lowest BCUT2D eigenvalue weighted by atomic mass is 9.52. The highest BCUT2D eigenvalue weighted by atomic mass is 14.5. The molecule has 0 nitrogen and oxygen atoms in total. The molecule has 0 heterocycles. The molecular formula is C25H40. The summed E-state index contributed by atoms with van der Waals surface area (Å²) in [4.78, 5) is 0. The van der Waals surface area contributed by atoms with Gasteiger partial charge in [0, 0.05) is 0 Å². The number of allylic oxidation sites excluding steroid dienone is 8. The average Bonchev–Trinajstić information content (AvgIpc) is 2.51. The van der Waals surface area contributed by atoms with E-state index >= 15 is 0 Å². The zero-order valence-electron chi connectivity index (χ0n) is 18.2. The van der Waals surface area contributed by atoms with E-state index in [1.54, 1.807) is 5.57 Å². The number of fused-ring (bicyclic) bond motifs is 1. The van der Waals surface area contributed by atoms with Gasteiger partial charge in [-0.25, -0.2) is 0 Å². The van der Waals surface area contributed by atoms with E-state index in [-0.39, 0.29) is 0 Å². The minimum Gasteiger partial charge on any atom is -0.0771 e. The van der Waals surface area contributed by atoms with E-state index in [0.717, 1.165) is 6.42 Å². The Morgan fingerprint density at radius 2 is 1.52 bits per heavy atom. The zero-order chi connectivity index (χ0) is 19.0. The SMILES string of the molecule is CC1=CC2C(C=C1C/C(C)=C/C=C(\C)C(C)C)C(C)(C)CCC2(C)C. The van der Waals surface area contributed by atoms with Gasteiger partial charge in [0.25, 0.3) is 0 Å². The van der Waals surface area contributed by atoms with Gasteiger partial charge >= 0.3 is 0 Å². The highest BCUT2D eigenvalue weighted by molar-refractivity contribution is 5.39. The third-order valence-corrected chi connectivity index (χ3v) is 6.93. The van der Waals surface area contributed by atoms with Crippen LogP contribution in [0.2, 0.25) is 0 Å². The normalized spacial score (nSPS) is 29.2. The second-order valence-electron chi connectivity index (χ2n) is 10.3. The lowest BCUT2D eigenvalue weighted by Gasteiger charge is -2.52. The Morgan fingerprint density at radius 3 is 2.04 bits per heavy atom. The van der Waals surface area contributed by atoms with Crippen LogP contribution in [0.5, 0.6) is 0 Å². The Kier molecular flexibility index (Phi) is 5.92. The Bertz CT molecular complexity index is 616. The Morgan fingerprint density at radius 1 is 1.00 bits per heavy atom. The van der Waals surface area contributed by atoms with E-state index in [0.29, 0.717) is 28.6 Å². The fourth-order valence-electron chi connectivity index (χ4n) is 4.36. The Balaban J connectivity index is 2.25. The minimum atomic E-state index is 0.411. The second-order valence-corrected chi connectivity index (χ2v) is 10.3. The smallest absolute Gasteiger partial charge is 0.00673 e. The van der Waals surface area contributed by atoms with Crippen LogP contribution in [0.3, 0.4) is 0 Å². The summed E-state index contributed by atoms with van der Waals surface area (Å²) in [5.41, 5.74) is 6.81. The molecule has 1 saturated carbocycles. The van der Waals surface area contributed by atoms with Crippen LogP contribution in [-0.4, -0.2) is 0 Å². The van der Waals surface area contributed by atoms with Crippen LogP contribution in [-0.2, 0) is 0 Å². The lowest BCUT2D eigenvalue weighted by Crippen LogP contribution is -2.43. The molecule has 0 amide bonds. The first kappa shape index (κ1) is 20.3. The van der Waals surface area contributed by atoms with Crippen LogP contribution in [0.15, 0.2) is 46.6 Å². The van der Waals surface area contributed by atoms with Crippen molar-refractivity contribution in [2.75, 3.05) is 0 Å². The molecule has 0 aromatic rings. The number of hydrogen-bond acceptors (Lipinski definition) is 0. The predicted octanol–water partition coefficient (Wildman–Crippen LogP) is 7.89. The zero-order valence-corrected chi connectivity index (χ0v) is 18.2. The topological polar surface area (TPSA) is 0 Å². The van der Waals surface area contributed by atoms with Crippen molar-refractivity contribution in [3.8, 4) is 0 Å². The quantitative estimate of drug-likeness (QED) is 0.456. The molecule has 0 bridgehead atoms. The van der Waals surface area contributed by atoms with Crippen LogP contribution < -0.4 is 0 Å². The van der Waals surface area contributed by atoms with E-state index in [2.05, 4.69) is 86.6 Å². The van der Waals surface area contributed by atoms with Gasteiger partial charge in [-0.1, -0.05) is 82.6 Å². The second kappa shape index (κ2) is 7.29. The maximum Gasteiger partial charge on any atom is -0.00673 e. The summed E-state index contributed by atoms with van der Waals surface area (Å²) in [6.45, 7) is 21.2. The molecule has 2 rings (SSSR count). The largest absolute Gasteiger partial charge is 0.0771 e. The minimum absolute atomic E-state index is 0.411. The maximum atomic E-state index is 2.64. The highest BCUT2D eigenvalue weighted by Gasteiger charge is 2.46. The molecule has 0 N–H and O–H groups in total. The molecular weight excluding hydrogens is 300 g/mol. The average molecular weight is 341 g/mol. The van der Waals surface area contributed by atoms with Gasteiger partial charge in [0.2, 0.25) is 0 Å². The maximum absolute atomic E-state index is 2.64. The van der Waals surface area contributed by atoms with Crippen LogP contribution >= 0.6 is 0 Å². The third kappa shape index (κ3) is 4.57. The highest BCUT2D eigenvalue weighted by Crippen LogP contribution is 2.56. The van der Waals surface area contributed by atoms with Gasteiger partial charge in [0.1, 0.15) is 0 Å². The first-order valence-electron chi connectivity index (χ1n) is 10.2. The number of hydrogen-bond donors (Lipinski definition) is 0. The van der Waals surface area contributed by atoms with Crippen molar-refractivity contribution in [1.29, 1.82) is 0 Å². The lowest BCUT2D eigenvalue weighted by molar-refractivity contribution is 0.0320. The summed E-state index contributed by atoms with van der Waals surface area (Å²) in [6.07, 6.45) is 13.6. The molecule has 0 saturated heterocycles. The van der Waals surface area contributed by atoms with Gasteiger partial charge in [-0.15, -0.1) is 0 Å². The number of rotatable bonds is 4. The van der Waals surface area contributed by atoms with Gasteiger partial charge in [-0.2, -0.15) is 0 Å². The van der Waals surface area contributed by atoms with Crippen molar-refractivity contribution in [2.24, 2.45) is 28.6 Å². The fraction of sp³-hybridized carbons (Fsp3) is 0.680. The van der Waals surface area contributed by atoms with Crippen molar-refractivity contribution in [3.05, 3.63) is 46.6 Å². The van der Waals surface area contributed by atoms with E-state index in [1.807, 2.05) is 0 Å². The summed E-state index contributed by atoms with van der Waals surface area (Å²) in [5.74, 6) is 1.99. The standard InChI is InChI=1S/C25H40/c1-17(2)19(4)11-10-18(3)14-21-16-23-22(15-20(21)5)24(6,7)12-13-25(23,8)9/h10-11,15-17,22-23H,12-14H2,1-9H3/b18-10+,19-11+. The predicted molar refractivity (Wildman–Crippen MR) is 113 cm³/mol. The first-order valence-corrected chi connectivity index (χ1v) is 10.2. The monoisotopic (exact) mass is 340 g/mol. The fourth-order valence-corrected chi connectivity index (χ4v) is 4.36. The Labute approximate surface area is 157 Å². The van der Waals surface area contributed by atoms with Crippen LogP contribution in [0.25, 0.3) is 0 Å². The van der Waals surface area contributed by atoms with Crippen molar-refractivity contribution >= 4 is 0 Å². The molecule has 2 unspecified atom stereocenters. The summed E-state index contributed by atoms with van der Waals surface area (Å²) < 4.78 is 0. The Hall–Kier alpha value is -1.04.